The van der Waals surface area contributed by atoms with Crippen molar-refractivity contribution in [1.29, 1.82) is 16.2 Å². The van der Waals surface area contributed by atoms with E-state index in [1.54, 1.807) is 25.1 Å². The van der Waals surface area contributed by atoms with E-state index in [1.165, 1.54) is 6.08 Å². The van der Waals surface area contributed by atoms with E-state index in [4.69, 9.17) is 25.7 Å². The van der Waals surface area contributed by atoms with Crippen LogP contribution >= 0.6 is 0 Å². The maximum absolute atomic E-state index is 13.0. The Hall–Kier alpha value is -4.41. The van der Waals surface area contributed by atoms with E-state index in [0.29, 0.717) is 35.3 Å². The van der Waals surface area contributed by atoms with Crippen molar-refractivity contribution < 1.29 is 14.3 Å². The Labute approximate surface area is 221 Å². The highest BCUT2D eigenvalue weighted by Crippen LogP contribution is 2.23. The third-order valence-electron chi connectivity index (χ3n) is 5.91. The van der Waals surface area contributed by atoms with Crippen molar-refractivity contribution in [3.05, 3.63) is 89.5 Å². The van der Waals surface area contributed by atoms with Gasteiger partial charge < -0.3 is 30.8 Å². The molecule has 4 rings (SSSR count). The van der Waals surface area contributed by atoms with Crippen LogP contribution in [0.25, 0.3) is 0 Å². The molecule has 0 radical (unpaired) electrons. The summed E-state index contributed by atoms with van der Waals surface area (Å²) in [6.07, 6.45) is 4.65. The fourth-order valence-corrected chi connectivity index (χ4v) is 3.80. The molecule has 1 amide bonds. The minimum absolute atomic E-state index is 0.245. The number of aliphatic imine (C=N–C) groups is 1. The van der Waals surface area contributed by atoms with E-state index in [1.807, 2.05) is 48.5 Å². The number of hydrogen-bond acceptors (Lipinski definition) is 8. The molecule has 2 aliphatic heterocycles. The molecule has 0 aliphatic carbocycles. The summed E-state index contributed by atoms with van der Waals surface area (Å²) in [7, 11) is 0. The van der Waals surface area contributed by atoms with Gasteiger partial charge in [0.1, 0.15) is 0 Å². The third kappa shape index (κ3) is 7.09. The predicted octanol–water partition coefficient (Wildman–Crippen LogP) is 3.22. The van der Waals surface area contributed by atoms with Gasteiger partial charge in [-0.25, -0.2) is 4.99 Å². The summed E-state index contributed by atoms with van der Waals surface area (Å²) in [5, 5.41) is 33.1. The maximum Gasteiger partial charge on any atom is 0.290 e. The highest BCUT2D eigenvalue weighted by Gasteiger charge is 2.27. The number of amidine groups is 1. The first-order valence-electron chi connectivity index (χ1n) is 12.3. The summed E-state index contributed by atoms with van der Waals surface area (Å²) in [6, 6.07) is 16.7. The molecule has 0 saturated carbocycles. The summed E-state index contributed by atoms with van der Waals surface area (Å²) >= 11 is 0. The smallest absolute Gasteiger partial charge is 0.290 e. The molecule has 2 atom stereocenters. The molecular weight excluding hydrogens is 482 g/mol. The Morgan fingerprint density at radius 1 is 1.11 bits per heavy atom. The van der Waals surface area contributed by atoms with Gasteiger partial charge in [0.15, 0.2) is 0 Å². The molecule has 0 aromatic heterocycles. The van der Waals surface area contributed by atoms with Gasteiger partial charge in [-0.05, 0) is 44.2 Å². The number of nitrogens with zero attached hydrogens (tertiary/aromatic N) is 1. The van der Waals surface area contributed by atoms with Crippen LogP contribution in [0.3, 0.4) is 0 Å². The van der Waals surface area contributed by atoms with Crippen LogP contribution in [0.15, 0.2) is 83.4 Å². The quantitative estimate of drug-likeness (QED) is 0.131. The van der Waals surface area contributed by atoms with Gasteiger partial charge >= 0.3 is 0 Å². The first kappa shape index (κ1) is 26.6. The van der Waals surface area contributed by atoms with Crippen molar-refractivity contribution in [3.63, 3.8) is 0 Å². The number of ether oxygens (including phenoxy) is 2. The van der Waals surface area contributed by atoms with E-state index in [9.17, 15) is 4.79 Å². The lowest BCUT2D eigenvalue weighted by atomic mass is 10.0. The number of carbonyl (C=O) groups excluding carboxylic acids is 1. The number of benzene rings is 2. The molecule has 10 heteroatoms. The van der Waals surface area contributed by atoms with E-state index in [2.05, 4.69) is 20.9 Å². The fourth-order valence-electron chi connectivity index (χ4n) is 3.80. The van der Waals surface area contributed by atoms with Crippen molar-refractivity contribution in [2.75, 3.05) is 25.1 Å². The Bertz CT molecular complexity index is 1300. The van der Waals surface area contributed by atoms with Gasteiger partial charge in [-0.1, -0.05) is 48.5 Å². The Kier molecular flexibility index (Phi) is 8.91. The Morgan fingerprint density at radius 3 is 2.55 bits per heavy atom. The van der Waals surface area contributed by atoms with Crippen molar-refractivity contribution >= 4 is 34.9 Å². The first-order valence-corrected chi connectivity index (χ1v) is 12.3. The standard InChI is InChI=1S/C28H31N7O3/c1-18(29)11-12-20(14-16-37-17-21-13-15-32-21)25(30)38-28(31)35-26-27(36)33-23-10-6-5-9-22(23)24(34-26)19-7-3-2-4-8-19/h2-12,14,21,26,29-30,32H,13,15-17H2,1H3,(H2,31,35)(H,33,36)/b12-11-,20-14-,29-18?,30-25?. The van der Waals surface area contributed by atoms with Crippen LogP contribution < -0.4 is 16.0 Å². The molecule has 2 unspecified atom stereocenters. The molecule has 196 valence electrons. The highest BCUT2D eigenvalue weighted by molar-refractivity contribution is 6.19. The van der Waals surface area contributed by atoms with E-state index in [0.717, 1.165) is 24.1 Å². The Morgan fingerprint density at radius 2 is 1.84 bits per heavy atom. The van der Waals surface area contributed by atoms with Gasteiger partial charge in [0.05, 0.1) is 24.6 Å². The summed E-state index contributed by atoms with van der Waals surface area (Å²) in [4.78, 5) is 17.6. The van der Waals surface area contributed by atoms with Gasteiger partial charge in [0, 0.05) is 28.5 Å². The molecule has 10 nitrogen and oxygen atoms in total. The number of nitrogens with one attached hydrogen (secondary N) is 6. The van der Waals surface area contributed by atoms with Crippen LogP contribution in [0.2, 0.25) is 0 Å². The molecule has 2 aromatic rings. The van der Waals surface area contributed by atoms with Gasteiger partial charge in [0.2, 0.25) is 12.1 Å². The molecule has 1 saturated heterocycles. The topological polar surface area (TPSA) is 156 Å². The molecule has 2 heterocycles. The van der Waals surface area contributed by atoms with E-state index in [-0.39, 0.29) is 12.5 Å². The van der Waals surface area contributed by atoms with Crippen LogP contribution in [0.4, 0.5) is 5.69 Å². The van der Waals surface area contributed by atoms with Crippen LogP contribution in [-0.2, 0) is 14.3 Å². The zero-order valence-electron chi connectivity index (χ0n) is 21.1. The number of hydrogen-bond donors (Lipinski definition) is 6. The summed E-state index contributed by atoms with van der Waals surface area (Å²) < 4.78 is 11.1. The van der Waals surface area contributed by atoms with E-state index < -0.39 is 18.1 Å². The van der Waals surface area contributed by atoms with Gasteiger partial charge in [0.25, 0.3) is 11.9 Å². The number of benzodiazepines with no additional fused rings is 1. The van der Waals surface area contributed by atoms with Crippen molar-refractivity contribution in [3.8, 4) is 0 Å². The summed E-state index contributed by atoms with van der Waals surface area (Å²) in [5.41, 5.74) is 3.41. The predicted molar refractivity (Wildman–Crippen MR) is 148 cm³/mol. The third-order valence-corrected chi connectivity index (χ3v) is 5.91. The average Bonchev–Trinajstić information content (AvgIpc) is 3.01. The van der Waals surface area contributed by atoms with Crippen molar-refractivity contribution in [2.45, 2.75) is 25.6 Å². The Balaban J connectivity index is 1.47. The highest BCUT2D eigenvalue weighted by atomic mass is 16.5. The largest absolute Gasteiger partial charge is 0.407 e. The van der Waals surface area contributed by atoms with Crippen LogP contribution in [0, 0.1) is 16.2 Å². The van der Waals surface area contributed by atoms with E-state index >= 15 is 0 Å². The normalized spacial score (nSPS) is 18.9. The summed E-state index contributed by atoms with van der Waals surface area (Å²) in [6.45, 7) is 3.41. The average molecular weight is 514 g/mol. The number of allylic oxidation sites excluding steroid dienone is 1. The number of rotatable bonds is 9. The monoisotopic (exact) mass is 513 g/mol. The lowest BCUT2D eigenvalue weighted by Crippen LogP contribution is -2.45. The van der Waals surface area contributed by atoms with Crippen molar-refractivity contribution in [1.82, 2.24) is 10.6 Å². The molecule has 0 spiro atoms. The second-order valence-electron chi connectivity index (χ2n) is 8.84. The zero-order chi connectivity index (χ0) is 26.9. The lowest BCUT2D eigenvalue weighted by Gasteiger charge is -2.26. The second kappa shape index (κ2) is 12.7. The van der Waals surface area contributed by atoms with Crippen LogP contribution in [-0.4, -0.2) is 61.2 Å². The van der Waals surface area contributed by atoms with Gasteiger partial charge in [-0.3, -0.25) is 15.6 Å². The SMILES string of the molecule is CC(=N)/C=C\C(=C\COCC1CCN1)C(=N)OC(=N)NC1N=C(c2ccccc2)c2ccccc2NC1=O. The van der Waals surface area contributed by atoms with Crippen LogP contribution in [0.1, 0.15) is 24.5 Å². The van der Waals surface area contributed by atoms with Crippen molar-refractivity contribution in [2.24, 2.45) is 4.99 Å². The minimum Gasteiger partial charge on any atom is -0.407 e. The fraction of sp³-hybridized carbons (Fsp3) is 0.250. The zero-order valence-corrected chi connectivity index (χ0v) is 21.1. The molecular formula is C28H31N7O3. The summed E-state index contributed by atoms with van der Waals surface area (Å²) in [5.74, 6) is -0.786. The maximum atomic E-state index is 13.0. The minimum atomic E-state index is -1.16. The van der Waals surface area contributed by atoms with Gasteiger partial charge in [-0.15, -0.1) is 0 Å². The lowest BCUT2D eigenvalue weighted by molar-refractivity contribution is -0.117. The van der Waals surface area contributed by atoms with Crippen LogP contribution in [0.5, 0.6) is 0 Å². The number of amides is 1. The first-order chi connectivity index (χ1) is 18.4. The molecule has 38 heavy (non-hydrogen) atoms. The number of para-hydroxylation sites is 1. The molecule has 2 aliphatic rings. The van der Waals surface area contributed by atoms with Gasteiger partial charge in [-0.2, -0.15) is 0 Å². The molecule has 1 fully saturated rings. The number of fused-ring (bicyclic) bond motifs is 1. The second-order valence-corrected chi connectivity index (χ2v) is 8.84. The number of anilines is 1. The molecule has 6 N–H and O–H groups in total. The molecule has 2 aromatic carbocycles. The number of carbonyl (C=O) groups is 1. The molecule has 0 bridgehead atoms.